The summed E-state index contributed by atoms with van der Waals surface area (Å²) < 4.78 is 18.2. The summed E-state index contributed by atoms with van der Waals surface area (Å²) in [5.74, 6) is 0.100. The maximum Gasteiger partial charge on any atom is 0.226 e. The lowest BCUT2D eigenvalue weighted by Gasteiger charge is -2.08. The Balaban J connectivity index is 1.71. The average molecular weight is 252 g/mol. The van der Waals surface area contributed by atoms with E-state index in [1.807, 2.05) is 0 Å². The molecule has 1 amide bonds. The fourth-order valence-corrected chi connectivity index (χ4v) is 1.56. The van der Waals surface area contributed by atoms with Crippen LogP contribution >= 0.6 is 0 Å². The maximum absolute atomic E-state index is 12.8. The lowest BCUT2D eigenvalue weighted by atomic mass is 10.2. The number of benzene rings is 1. The number of carbonyl (C=O) groups is 1. The van der Waals surface area contributed by atoms with Crippen molar-refractivity contribution in [2.24, 2.45) is 5.92 Å². The van der Waals surface area contributed by atoms with Crippen LogP contribution in [0.2, 0.25) is 0 Å². The number of halogens is 1. The Morgan fingerprint density at radius 2 is 2.28 bits per heavy atom. The van der Waals surface area contributed by atoms with Gasteiger partial charge in [0, 0.05) is 6.61 Å². The number of amides is 1. The number of hydrogen-bond acceptors (Lipinski definition) is 3. The quantitative estimate of drug-likeness (QED) is 0.602. The van der Waals surface area contributed by atoms with E-state index in [-0.39, 0.29) is 18.0 Å². The first-order valence-electron chi connectivity index (χ1n) is 6.08. The minimum absolute atomic E-state index is 0.177. The Kier molecular flexibility index (Phi) is 4.15. The Bertz CT molecular complexity index is 433. The molecule has 98 valence electrons. The van der Waals surface area contributed by atoms with Crippen molar-refractivity contribution in [1.29, 1.82) is 0 Å². The molecule has 0 spiro atoms. The van der Waals surface area contributed by atoms with E-state index in [9.17, 15) is 9.18 Å². The third-order valence-electron chi connectivity index (χ3n) is 2.81. The van der Waals surface area contributed by atoms with Crippen molar-refractivity contribution in [3.63, 3.8) is 0 Å². The van der Waals surface area contributed by atoms with Crippen LogP contribution in [0.15, 0.2) is 18.2 Å². The zero-order valence-corrected chi connectivity index (χ0v) is 10.1. The fraction of sp³-hybridized carbons (Fsp3) is 0.462. The summed E-state index contributed by atoms with van der Waals surface area (Å²) in [6, 6.07) is 3.89. The van der Waals surface area contributed by atoms with E-state index >= 15 is 0 Å². The highest BCUT2D eigenvalue weighted by atomic mass is 19.1. The molecule has 0 atom stereocenters. The maximum atomic E-state index is 12.8. The summed E-state index contributed by atoms with van der Waals surface area (Å²) in [6.45, 7) is 1.15. The first-order valence-corrected chi connectivity index (χ1v) is 6.08. The molecule has 0 radical (unpaired) electrons. The number of nitrogens with two attached hydrogens (primary N) is 1. The monoisotopic (exact) mass is 252 g/mol. The van der Waals surface area contributed by atoms with Crippen LogP contribution in [0.1, 0.15) is 19.3 Å². The summed E-state index contributed by atoms with van der Waals surface area (Å²) in [5, 5.41) is 2.63. The Hall–Kier alpha value is -1.62. The molecule has 1 aliphatic rings. The van der Waals surface area contributed by atoms with Crippen molar-refractivity contribution in [1.82, 2.24) is 0 Å². The lowest BCUT2D eigenvalue weighted by Crippen LogP contribution is -2.15. The first-order chi connectivity index (χ1) is 8.65. The van der Waals surface area contributed by atoms with Gasteiger partial charge in [-0.3, -0.25) is 4.79 Å². The Labute approximate surface area is 105 Å². The van der Waals surface area contributed by atoms with Crippen LogP contribution in [0, 0.1) is 11.7 Å². The minimum atomic E-state index is -0.418. The van der Waals surface area contributed by atoms with E-state index in [1.165, 1.54) is 31.0 Å². The Morgan fingerprint density at radius 1 is 1.50 bits per heavy atom. The van der Waals surface area contributed by atoms with Gasteiger partial charge in [-0.2, -0.15) is 0 Å². The highest BCUT2D eigenvalue weighted by molar-refractivity contribution is 5.93. The van der Waals surface area contributed by atoms with Crippen molar-refractivity contribution >= 4 is 17.3 Å². The van der Waals surface area contributed by atoms with Crippen LogP contribution in [-0.2, 0) is 9.53 Å². The van der Waals surface area contributed by atoms with Gasteiger partial charge >= 0.3 is 0 Å². The SMILES string of the molecule is Nc1cc(F)ccc1NC(=O)CCOCC1CC1. The Morgan fingerprint density at radius 3 is 2.94 bits per heavy atom. The van der Waals surface area contributed by atoms with Gasteiger partial charge in [0.15, 0.2) is 0 Å². The van der Waals surface area contributed by atoms with Gasteiger partial charge in [-0.25, -0.2) is 4.39 Å². The number of carbonyl (C=O) groups excluding carboxylic acids is 1. The fourth-order valence-electron chi connectivity index (χ4n) is 1.56. The zero-order valence-electron chi connectivity index (χ0n) is 10.1. The second kappa shape index (κ2) is 5.82. The van der Waals surface area contributed by atoms with Crippen molar-refractivity contribution in [3.05, 3.63) is 24.0 Å². The minimum Gasteiger partial charge on any atom is -0.397 e. The van der Waals surface area contributed by atoms with Gasteiger partial charge in [-0.05, 0) is 37.0 Å². The van der Waals surface area contributed by atoms with Crippen LogP contribution in [0.4, 0.5) is 15.8 Å². The molecule has 0 aromatic heterocycles. The molecule has 0 heterocycles. The molecule has 0 bridgehead atoms. The third-order valence-corrected chi connectivity index (χ3v) is 2.81. The van der Waals surface area contributed by atoms with Gasteiger partial charge < -0.3 is 15.8 Å². The van der Waals surface area contributed by atoms with Crippen molar-refractivity contribution in [2.75, 3.05) is 24.3 Å². The van der Waals surface area contributed by atoms with Crippen molar-refractivity contribution in [3.8, 4) is 0 Å². The van der Waals surface area contributed by atoms with Crippen LogP contribution in [0.5, 0.6) is 0 Å². The summed E-state index contributed by atoms with van der Waals surface area (Å²) >= 11 is 0. The van der Waals surface area contributed by atoms with E-state index in [4.69, 9.17) is 10.5 Å². The molecular weight excluding hydrogens is 235 g/mol. The van der Waals surface area contributed by atoms with Gasteiger partial charge in [0.25, 0.3) is 0 Å². The molecule has 1 fully saturated rings. The van der Waals surface area contributed by atoms with Crippen LogP contribution in [0.25, 0.3) is 0 Å². The molecule has 4 nitrogen and oxygen atoms in total. The second-order valence-electron chi connectivity index (χ2n) is 4.55. The van der Waals surface area contributed by atoms with E-state index in [1.54, 1.807) is 0 Å². The number of nitrogens with one attached hydrogen (secondary N) is 1. The van der Waals surface area contributed by atoms with Gasteiger partial charge in [0.05, 0.1) is 24.4 Å². The van der Waals surface area contributed by atoms with Gasteiger partial charge in [0.1, 0.15) is 5.82 Å². The molecule has 5 heteroatoms. The summed E-state index contributed by atoms with van der Waals surface area (Å²) in [4.78, 5) is 11.6. The number of anilines is 2. The van der Waals surface area contributed by atoms with E-state index < -0.39 is 5.82 Å². The van der Waals surface area contributed by atoms with Crippen LogP contribution in [0.3, 0.4) is 0 Å². The van der Waals surface area contributed by atoms with Gasteiger partial charge in [0.2, 0.25) is 5.91 Å². The van der Waals surface area contributed by atoms with Crippen LogP contribution in [-0.4, -0.2) is 19.1 Å². The molecule has 18 heavy (non-hydrogen) atoms. The number of hydrogen-bond donors (Lipinski definition) is 2. The molecule has 0 unspecified atom stereocenters. The molecule has 0 aliphatic heterocycles. The topological polar surface area (TPSA) is 64.3 Å². The largest absolute Gasteiger partial charge is 0.397 e. The molecule has 1 saturated carbocycles. The van der Waals surface area contributed by atoms with E-state index in [0.717, 1.165) is 6.61 Å². The number of ether oxygens (including phenoxy) is 1. The highest BCUT2D eigenvalue weighted by Gasteiger charge is 2.21. The first kappa shape index (κ1) is 12.8. The molecule has 3 N–H and O–H groups in total. The summed E-state index contributed by atoms with van der Waals surface area (Å²) in [5.41, 5.74) is 6.24. The van der Waals surface area contributed by atoms with E-state index in [0.29, 0.717) is 18.2 Å². The summed E-state index contributed by atoms with van der Waals surface area (Å²) in [6.07, 6.45) is 2.75. The molecule has 1 aliphatic carbocycles. The number of nitrogen functional groups attached to an aromatic ring is 1. The smallest absolute Gasteiger partial charge is 0.226 e. The van der Waals surface area contributed by atoms with Gasteiger partial charge in [-0.15, -0.1) is 0 Å². The average Bonchev–Trinajstić information content (AvgIpc) is 3.12. The second-order valence-corrected chi connectivity index (χ2v) is 4.55. The molecule has 1 aromatic rings. The molecule has 1 aromatic carbocycles. The highest BCUT2D eigenvalue weighted by Crippen LogP contribution is 2.28. The zero-order chi connectivity index (χ0) is 13.0. The standard InChI is InChI=1S/C13H17FN2O2/c14-10-3-4-12(11(15)7-10)16-13(17)5-6-18-8-9-1-2-9/h3-4,7,9H,1-2,5-6,8,15H2,(H,16,17). The molecule has 2 rings (SSSR count). The summed E-state index contributed by atoms with van der Waals surface area (Å²) in [7, 11) is 0. The normalized spacial score (nSPS) is 14.5. The lowest BCUT2D eigenvalue weighted by molar-refractivity contribution is -0.117. The van der Waals surface area contributed by atoms with E-state index in [2.05, 4.69) is 5.32 Å². The van der Waals surface area contributed by atoms with Crippen molar-refractivity contribution in [2.45, 2.75) is 19.3 Å². The van der Waals surface area contributed by atoms with Crippen LogP contribution < -0.4 is 11.1 Å². The van der Waals surface area contributed by atoms with Gasteiger partial charge in [-0.1, -0.05) is 0 Å². The van der Waals surface area contributed by atoms with Crippen molar-refractivity contribution < 1.29 is 13.9 Å². The predicted octanol–water partition coefficient (Wildman–Crippen LogP) is 2.16. The molecule has 0 saturated heterocycles. The molecular formula is C13H17FN2O2. The number of rotatable bonds is 6. The predicted molar refractivity (Wildman–Crippen MR) is 67.6 cm³/mol. The third kappa shape index (κ3) is 4.00.